The quantitative estimate of drug-likeness (QED) is 0.755. The summed E-state index contributed by atoms with van der Waals surface area (Å²) in [7, 11) is 0. The van der Waals surface area contributed by atoms with Gasteiger partial charge in [-0.3, -0.25) is 4.79 Å². The van der Waals surface area contributed by atoms with Crippen LogP contribution in [-0.2, 0) is 11.2 Å². The van der Waals surface area contributed by atoms with E-state index in [0.717, 1.165) is 11.8 Å². The van der Waals surface area contributed by atoms with Crippen molar-refractivity contribution in [2.75, 3.05) is 0 Å². The van der Waals surface area contributed by atoms with Gasteiger partial charge in [-0.15, -0.1) is 0 Å². The van der Waals surface area contributed by atoms with E-state index in [9.17, 15) is 4.79 Å². The summed E-state index contributed by atoms with van der Waals surface area (Å²) in [5.74, 6) is 2.67. The third-order valence-electron chi connectivity index (χ3n) is 4.20. The van der Waals surface area contributed by atoms with Crippen molar-refractivity contribution in [3.8, 4) is 0 Å². The van der Waals surface area contributed by atoms with Crippen molar-refractivity contribution in [2.45, 2.75) is 32.6 Å². The van der Waals surface area contributed by atoms with Gasteiger partial charge in [0.15, 0.2) is 0 Å². The summed E-state index contributed by atoms with van der Waals surface area (Å²) in [6.07, 6.45) is 4.39. The molecule has 3 rings (SSSR count). The highest BCUT2D eigenvalue weighted by atomic mass is 16.1. The maximum atomic E-state index is 12.1. The lowest BCUT2D eigenvalue weighted by molar-refractivity contribution is -0.122. The van der Waals surface area contributed by atoms with E-state index in [1.54, 1.807) is 0 Å². The van der Waals surface area contributed by atoms with Crippen molar-refractivity contribution in [3.05, 3.63) is 35.4 Å². The predicted octanol–water partition coefficient (Wildman–Crippen LogP) is 3.15. The summed E-state index contributed by atoms with van der Waals surface area (Å²) in [6.45, 7) is 2.08. The number of ketones is 1. The molecule has 2 aliphatic rings. The number of fused-ring (bicyclic) bond motifs is 1. The van der Waals surface area contributed by atoms with E-state index in [0.29, 0.717) is 18.1 Å². The van der Waals surface area contributed by atoms with Gasteiger partial charge in [0.1, 0.15) is 5.78 Å². The van der Waals surface area contributed by atoms with Crippen LogP contribution in [0.3, 0.4) is 0 Å². The summed E-state index contributed by atoms with van der Waals surface area (Å²) in [5, 5.41) is 0. The first kappa shape index (κ1) is 10.1. The lowest BCUT2D eigenvalue weighted by Gasteiger charge is -2.10. The van der Waals surface area contributed by atoms with Crippen molar-refractivity contribution in [1.29, 1.82) is 0 Å². The topological polar surface area (TPSA) is 17.1 Å². The van der Waals surface area contributed by atoms with Crippen molar-refractivity contribution in [1.82, 2.24) is 0 Å². The van der Waals surface area contributed by atoms with E-state index >= 15 is 0 Å². The summed E-state index contributed by atoms with van der Waals surface area (Å²) < 4.78 is 0. The Morgan fingerprint density at radius 1 is 1.12 bits per heavy atom. The minimum atomic E-state index is 0.380. The zero-order valence-corrected chi connectivity index (χ0v) is 9.78. The third kappa shape index (κ3) is 1.91. The minimum Gasteiger partial charge on any atom is -0.299 e. The molecule has 0 saturated heterocycles. The molecule has 0 aliphatic heterocycles. The van der Waals surface area contributed by atoms with Crippen molar-refractivity contribution in [3.63, 3.8) is 0 Å². The van der Waals surface area contributed by atoms with Crippen LogP contribution in [0.1, 0.15) is 30.4 Å². The molecule has 2 fully saturated rings. The van der Waals surface area contributed by atoms with Crippen LogP contribution in [0.15, 0.2) is 24.3 Å². The Bertz CT molecular complexity index is 394. The zero-order chi connectivity index (χ0) is 11.1. The van der Waals surface area contributed by atoms with Gasteiger partial charge in [-0.2, -0.15) is 0 Å². The van der Waals surface area contributed by atoms with Crippen molar-refractivity contribution < 1.29 is 4.79 Å². The largest absolute Gasteiger partial charge is 0.299 e. The third-order valence-corrected chi connectivity index (χ3v) is 4.20. The van der Waals surface area contributed by atoms with Crippen LogP contribution in [0, 0.1) is 24.7 Å². The molecule has 0 N–H and O–H groups in total. The first-order chi connectivity index (χ1) is 7.72. The van der Waals surface area contributed by atoms with Crippen LogP contribution in [0.25, 0.3) is 0 Å². The Kier molecular flexibility index (Phi) is 2.34. The van der Waals surface area contributed by atoms with Gasteiger partial charge in [0, 0.05) is 12.3 Å². The van der Waals surface area contributed by atoms with E-state index in [-0.39, 0.29) is 0 Å². The number of benzene rings is 1. The van der Waals surface area contributed by atoms with Gasteiger partial charge in [-0.1, -0.05) is 29.8 Å². The Balaban J connectivity index is 1.61. The standard InChI is InChI=1S/C15H18O/c1-10-2-4-11(5-3-10)6-15(16)14-8-12-7-13(12)9-14/h2-5,12-14H,6-9H2,1H3. The van der Waals surface area contributed by atoms with Crippen LogP contribution in [0.4, 0.5) is 0 Å². The molecular formula is C15H18O. The van der Waals surface area contributed by atoms with E-state index in [2.05, 4.69) is 31.2 Å². The number of hydrogen-bond donors (Lipinski definition) is 0. The Labute approximate surface area is 96.9 Å². The average Bonchev–Trinajstić information content (AvgIpc) is 2.89. The molecule has 0 spiro atoms. The SMILES string of the molecule is Cc1ccc(CC(=O)C2CC3CC3C2)cc1. The number of Topliss-reactive ketones (excluding diaryl/α,β-unsaturated/α-hetero) is 1. The van der Waals surface area contributed by atoms with E-state index < -0.39 is 0 Å². The van der Waals surface area contributed by atoms with Crippen LogP contribution in [0.5, 0.6) is 0 Å². The fraction of sp³-hybridized carbons (Fsp3) is 0.533. The average molecular weight is 214 g/mol. The Morgan fingerprint density at radius 3 is 2.38 bits per heavy atom. The second-order valence-corrected chi connectivity index (χ2v) is 5.55. The highest BCUT2D eigenvalue weighted by Crippen LogP contribution is 2.54. The van der Waals surface area contributed by atoms with Gasteiger partial charge in [0.2, 0.25) is 0 Å². The van der Waals surface area contributed by atoms with Gasteiger partial charge < -0.3 is 0 Å². The molecule has 1 aromatic carbocycles. The molecule has 0 amide bonds. The lowest BCUT2D eigenvalue weighted by atomic mass is 9.93. The summed E-state index contributed by atoms with van der Waals surface area (Å²) >= 11 is 0. The molecular weight excluding hydrogens is 196 g/mol. The highest BCUT2D eigenvalue weighted by Gasteiger charge is 2.47. The maximum absolute atomic E-state index is 12.1. The van der Waals surface area contributed by atoms with Gasteiger partial charge in [0.25, 0.3) is 0 Å². The number of aryl methyl sites for hydroxylation is 1. The van der Waals surface area contributed by atoms with Gasteiger partial charge in [-0.05, 0) is 43.6 Å². The molecule has 1 aromatic rings. The predicted molar refractivity (Wildman–Crippen MR) is 64.2 cm³/mol. The van der Waals surface area contributed by atoms with Crippen LogP contribution < -0.4 is 0 Å². The van der Waals surface area contributed by atoms with Crippen LogP contribution in [-0.4, -0.2) is 5.78 Å². The number of hydrogen-bond acceptors (Lipinski definition) is 1. The molecule has 1 nitrogen and oxygen atoms in total. The Morgan fingerprint density at radius 2 is 1.75 bits per heavy atom. The van der Waals surface area contributed by atoms with E-state index in [1.165, 1.54) is 30.4 Å². The summed E-state index contributed by atoms with van der Waals surface area (Å²) in [4.78, 5) is 12.1. The van der Waals surface area contributed by atoms with E-state index in [4.69, 9.17) is 0 Å². The molecule has 84 valence electrons. The first-order valence-electron chi connectivity index (χ1n) is 6.30. The normalized spacial score (nSPS) is 31.2. The van der Waals surface area contributed by atoms with Gasteiger partial charge >= 0.3 is 0 Å². The fourth-order valence-corrected chi connectivity index (χ4v) is 3.03. The molecule has 2 saturated carbocycles. The van der Waals surface area contributed by atoms with Crippen molar-refractivity contribution >= 4 is 5.78 Å². The fourth-order valence-electron chi connectivity index (χ4n) is 3.03. The summed E-state index contributed by atoms with van der Waals surface area (Å²) in [6, 6.07) is 8.36. The molecule has 0 bridgehead atoms. The minimum absolute atomic E-state index is 0.380. The summed E-state index contributed by atoms with van der Waals surface area (Å²) in [5.41, 5.74) is 2.44. The van der Waals surface area contributed by atoms with E-state index in [1.807, 2.05) is 0 Å². The molecule has 16 heavy (non-hydrogen) atoms. The van der Waals surface area contributed by atoms with Crippen LogP contribution >= 0.6 is 0 Å². The molecule has 1 heteroatoms. The van der Waals surface area contributed by atoms with Crippen LogP contribution in [0.2, 0.25) is 0 Å². The maximum Gasteiger partial charge on any atom is 0.140 e. The molecule has 2 unspecified atom stereocenters. The number of carbonyl (C=O) groups excluding carboxylic acids is 1. The van der Waals surface area contributed by atoms with Gasteiger partial charge in [-0.25, -0.2) is 0 Å². The monoisotopic (exact) mass is 214 g/mol. The first-order valence-corrected chi connectivity index (χ1v) is 6.30. The zero-order valence-electron chi connectivity index (χ0n) is 9.78. The Hall–Kier alpha value is -1.11. The smallest absolute Gasteiger partial charge is 0.140 e. The molecule has 2 aliphatic carbocycles. The van der Waals surface area contributed by atoms with Crippen molar-refractivity contribution in [2.24, 2.45) is 17.8 Å². The lowest BCUT2D eigenvalue weighted by Crippen LogP contribution is -2.15. The molecule has 0 heterocycles. The second-order valence-electron chi connectivity index (χ2n) is 5.55. The van der Waals surface area contributed by atoms with Gasteiger partial charge in [0.05, 0.1) is 0 Å². The second kappa shape index (κ2) is 3.73. The highest BCUT2D eigenvalue weighted by molar-refractivity contribution is 5.83. The number of rotatable bonds is 3. The molecule has 2 atom stereocenters. The number of carbonyl (C=O) groups is 1. The molecule has 0 aromatic heterocycles. The molecule has 0 radical (unpaired) electrons.